The number of methoxy groups -OCH3 is 1. The van der Waals surface area contributed by atoms with E-state index in [9.17, 15) is 9.90 Å². The topological polar surface area (TPSA) is 51.5 Å². The molecule has 0 bridgehead atoms. The molecule has 0 aliphatic heterocycles. The highest BCUT2D eigenvalue weighted by Crippen LogP contribution is 2.46. The number of aliphatic carboxylic acids is 1. The summed E-state index contributed by atoms with van der Waals surface area (Å²) in [6, 6.07) is 5.99. The summed E-state index contributed by atoms with van der Waals surface area (Å²) in [6.45, 7) is 0. The van der Waals surface area contributed by atoms with E-state index in [0.29, 0.717) is 5.92 Å². The van der Waals surface area contributed by atoms with Crippen molar-refractivity contribution in [3.8, 4) is 5.75 Å². The molecule has 1 aromatic carbocycles. The summed E-state index contributed by atoms with van der Waals surface area (Å²) in [5.41, 5.74) is 2.27. The number of benzene rings is 1. The lowest BCUT2D eigenvalue weighted by atomic mass is 9.91. The number of hydrogen-bond acceptors (Lipinski definition) is 2. The van der Waals surface area contributed by atoms with Gasteiger partial charge in [0.2, 0.25) is 0 Å². The van der Waals surface area contributed by atoms with Gasteiger partial charge in [0.1, 0.15) is 5.75 Å². The van der Waals surface area contributed by atoms with E-state index in [1.807, 2.05) is 25.2 Å². The molecule has 1 aliphatic carbocycles. The maximum absolute atomic E-state index is 11.1. The molecule has 1 saturated carbocycles. The van der Waals surface area contributed by atoms with Crippen LogP contribution >= 0.6 is 0 Å². The summed E-state index contributed by atoms with van der Waals surface area (Å²) >= 11 is 0. The van der Waals surface area contributed by atoms with Crippen LogP contribution in [0.15, 0.2) is 24.4 Å². The summed E-state index contributed by atoms with van der Waals surface area (Å²) in [5.74, 6) is 0.725. The average molecular weight is 273 g/mol. The molecule has 1 aromatic heterocycles. The van der Waals surface area contributed by atoms with Crippen LogP contribution in [0.25, 0.3) is 10.9 Å². The third-order valence-corrected chi connectivity index (χ3v) is 4.21. The van der Waals surface area contributed by atoms with E-state index in [4.69, 9.17) is 4.74 Å². The molecule has 1 heterocycles. The Morgan fingerprint density at radius 1 is 1.50 bits per heavy atom. The van der Waals surface area contributed by atoms with Crippen molar-refractivity contribution in [1.29, 1.82) is 0 Å². The molecule has 3 rings (SSSR count). The van der Waals surface area contributed by atoms with Gasteiger partial charge in [-0.15, -0.1) is 0 Å². The lowest BCUT2D eigenvalue weighted by Gasteiger charge is -2.13. The molecular weight excluding hydrogens is 254 g/mol. The average Bonchev–Trinajstić information content (AvgIpc) is 3.21. The predicted molar refractivity (Wildman–Crippen MR) is 77.2 cm³/mol. The van der Waals surface area contributed by atoms with Crippen LogP contribution in [-0.4, -0.2) is 22.8 Å². The Morgan fingerprint density at radius 2 is 2.25 bits per heavy atom. The highest BCUT2D eigenvalue weighted by atomic mass is 16.5. The van der Waals surface area contributed by atoms with Gasteiger partial charge in [0.05, 0.1) is 13.5 Å². The molecule has 2 aromatic rings. The molecule has 1 unspecified atom stereocenters. The maximum atomic E-state index is 11.1. The zero-order chi connectivity index (χ0) is 14.3. The van der Waals surface area contributed by atoms with Gasteiger partial charge in [0.15, 0.2) is 0 Å². The molecular formula is C16H19NO3. The summed E-state index contributed by atoms with van der Waals surface area (Å²) < 4.78 is 7.37. The first-order valence-electron chi connectivity index (χ1n) is 6.95. The molecule has 0 spiro atoms. The van der Waals surface area contributed by atoms with Crippen LogP contribution in [0.1, 0.15) is 30.7 Å². The van der Waals surface area contributed by atoms with Gasteiger partial charge in [-0.2, -0.15) is 0 Å². The van der Waals surface area contributed by atoms with Crippen molar-refractivity contribution in [1.82, 2.24) is 4.57 Å². The van der Waals surface area contributed by atoms with Gasteiger partial charge in [-0.1, -0.05) is 0 Å². The van der Waals surface area contributed by atoms with Crippen LogP contribution in [-0.2, 0) is 11.8 Å². The number of fused-ring (bicyclic) bond motifs is 1. The molecule has 4 nitrogen and oxygen atoms in total. The van der Waals surface area contributed by atoms with Gasteiger partial charge in [-0.05, 0) is 48.4 Å². The van der Waals surface area contributed by atoms with Gasteiger partial charge in [-0.25, -0.2) is 0 Å². The van der Waals surface area contributed by atoms with E-state index in [2.05, 4.69) is 10.8 Å². The molecule has 1 N–H and O–H groups in total. The number of hydrogen-bond donors (Lipinski definition) is 1. The Bertz CT molecular complexity index is 655. The fraction of sp³-hybridized carbons (Fsp3) is 0.438. The van der Waals surface area contributed by atoms with E-state index in [1.165, 1.54) is 0 Å². The van der Waals surface area contributed by atoms with Crippen LogP contribution in [0.2, 0.25) is 0 Å². The van der Waals surface area contributed by atoms with Crippen molar-refractivity contribution in [2.45, 2.75) is 25.2 Å². The number of nitrogens with zero attached hydrogens (tertiary/aromatic N) is 1. The lowest BCUT2D eigenvalue weighted by Crippen LogP contribution is -2.08. The molecule has 1 aliphatic rings. The first-order chi connectivity index (χ1) is 9.60. The van der Waals surface area contributed by atoms with E-state index >= 15 is 0 Å². The zero-order valence-corrected chi connectivity index (χ0v) is 11.8. The third kappa shape index (κ3) is 2.26. The van der Waals surface area contributed by atoms with E-state index in [1.54, 1.807) is 7.11 Å². The number of aryl methyl sites for hydroxylation is 1. The molecule has 0 amide bonds. The first kappa shape index (κ1) is 13.0. The minimum absolute atomic E-state index is 0.114. The molecule has 20 heavy (non-hydrogen) atoms. The van der Waals surface area contributed by atoms with Gasteiger partial charge >= 0.3 is 5.97 Å². The smallest absolute Gasteiger partial charge is 0.303 e. The predicted octanol–water partition coefficient (Wildman–Crippen LogP) is 3.16. The lowest BCUT2D eigenvalue weighted by molar-refractivity contribution is -0.137. The Balaban J connectivity index is 2.10. The van der Waals surface area contributed by atoms with Crippen molar-refractivity contribution in [2.75, 3.05) is 7.11 Å². The van der Waals surface area contributed by atoms with Crippen LogP contribution in [0.5, 0.6) is 5.75 Å². The fourth-order valence-corrected chi connectivity index (χ4v) is 3.04. The monoisotopic (exact) mass is 273 g/mol. The second-order valence-corrected chi connectivity index (χ2v) is 5.62. The molecule has 0 radical (unpaired) electrons. The summed E-state index contributed by atoms with van der Waals surface area (Å²) in [6.07, 6.45) is 4.56. The van der Waals surface area contributed by atoms with E-state index in [-0.39, 0.29) is 12.3 Å². The number of ether oxygens (including phenoxy) is 1. The second-order valence-electron chi connectivity index (χ2n) is 5.62. The van der Waals surface area contributed by atoms with Crippen LogP contribution in [0, 0.1) is 5.92 Å². The number of carboxylic acids is 1. The summed E-state index contributed by atoms with van der Waals surface area (Å²) in [5, 5.41) is 10.3. The van der Waals surface area contributed by atoms with E-state index in [0.717, 1.165) is 35.1 Å². The number of carboxylic acid groups (broad SMARTS) is 1. The largest absolute Gasteiger partial charge is 0.497 e. The maximum Gasteiger partial charge on any atom is 0.303 e. The van der Waals surface area contributed by atoms with Crippen LogP contribution in [0.4, 0.5) is 0 Å². The van der Waals surface area contributed by atoms with Crippen molar-refractivity contribution in [3.05, 3.63) is 30.0 Å². The zero-order valence-electron chi connectivity index (χ0n) is 11.8. The van der Waals surface area contributed by atoms with Crippen LogP contribution < -0.4 is 4.74 Å². The Labute approximate surface area is 118 Å². The number of aromatic nitrogens is 1. The van der Waals surface area contributed by atoms with E-state index < -0.39 is 5.97 Å². The van der Waals surface area contributed by atoms with Gasteiger partial charge in [-0.3, -0.25) is 4.79 Å². The number of carbonyl (C=O) groups is 1. The Kier molecular flexibility index (Phi) is 3.16. The second kappa shape index (κ2) is 4.85. The summed E-state index contributed by atoms with van der Waals surface area (Å²) in [4.78, 5) is 11.1. The Morgan fingerprint density at radius 3 is 2.85 bits per heavy atom. The summed E-state index contributed by atoms with van der Waals surface area (Å²) in [7, 11) is 3.66. The SMILES string of the molecule is COc1ccc2c(c1)c(C(CC(=O)O)C1CC1)cn2C. The standard InChI is InChI=1S/C16H19NO3/c1-17-9-14(12(8-16(18)19)10-3-4-10)13-7-11(20-2)5-6-15(13)17/h5-7,9-10,12H,3-4,8H2,1-2H3,(H,18,19). The highest BCUT2D eigenvalue weighted by molar-refractivity contribution is 5.86. The van der Waals surface area contributed by atoms with Crippen molar-refractivity contribution < 1.29 is 14.6 Å². The molecule has 1 atom stereocenters. The minimum atomic E-state index is -0.721. The molecule has 0 saturated heterocycles. The van der Waals surface area contributed by atoms with Crippen LogP contribution in [0.3, 0.4) is 0 Å². The fourth-order valence-electron chi connectivity index (χ4n) is 3.04. The highest BCUT2D eigenvalue weighted by Gasteiger charge is 2.35. The minimum Gasteiger partial charge on any atom is -0.497 e. The van der Waals surface area contributed by atoms with Gasteiger partial charge < -0.3 is 14.4 Å². The van der Waals surface area contributed by atoms with Gasteiger partial charge in [0.25, 0.3) is 0 Å². The Hall–Kier alpha value is -1.97. The van der Waals surface area contributed by atoms with Crippen molar-refractivity contribution in [3.63, 3.8) is 0 Å². The molecule has 106 valence electrons. The normalized spacial score (nSPS) is 16.3. The van der Waals surface area contributed by atoms with Crippen molar-refractivity contribution in [2.24, 2.45) is 13.0 Å². The van der Waals surface area contributed by atoms with Crippen molar-refractivity contribution >= 4 is 16.9 Å². The first-order valence-corrected chi connectivity index (χ1v) is 6.95. The third-order valence-electron chi connectivity index (χ3n) is 4.21. The quantitative estimate of drug-likeness (QED) is 0.910. The number of rotatable bonds is 5. The molecule has 1 fully saturated rings. The molecule has 4 heteroatoms. The van der Waals surface area contributed by atoms with Gasteiger partial charge in [0, 0.05) is 24.1 Å².